The van der Waals surface area contributed by atoms with Crippen molar-refractivity contribution < 1.29 is 109 Å². The summed E-state index contributed by atoms with van der Waals surface area (Å²) in [5.74, 6) is -4.52. The van der Waals surface area contributed by atoms with Gasteiger partial charge in [0.2, 0.25) is 23.8 Å². The third-order valence-corrected chi connectivity index (χ3v) is 10.9. The van der Waals surface area contributed by atoms with Crippen LogP contribution in [0, 0.1) is 0 Å². The molecule has 0 aliphatic carbocycles. The lowest BCUT2D eigenvalue weighted by Gasteiger charge is -2.42. The number of aliphatic hydroxyl groups is 9. The fourth-order valence-electron chi connectivity index (χ4n) is 7.14. The predicted octanol–water partition coefficient (Wildman–Crippen LogP) is -2.24. The molecule has 15 atom stereocenters. The Morgan fingerprint density at radius 1 is 0.631 bits per heavy atom. The van der Waals surface area contributed by atoms with Crippen molar-refractivity contribution in [2.24, 2.45) is 0 Å². The number of carbonyl (C=O) groups excluding carboxylic acids is 1. The average Bonchev–Trinajstić information content (AvgIpc) is 3.27. The molecule has 3 saturated heterocycles. The van der Waals surface area contributed by atoms with E-state index in [1.807, 2.05) is 0 Å². The summed E-state index contributed by atoms with van der Waals surface area (Å²) in [6.07, 6.45) is -23.8. The van der Waals surface area contributed by atoms with E-state index in [-0.39, 0.29) is 17.1 Å². The molecule has 0 saturated carbocycles. The van der Waals surface area contributed by atoms with Crippen molar-refractivity contribution in [1.29, 1.82) is 0 Å². The summed E-state index contributed by atoms with van der Waals surface area (Å²) in [5.41, 5.74) is -1.13. The van der Waals surface area contributed by atoms with Crippen molar-refractivity contribution in [3.05, 3.63) is 76.5 Å². The largest absolute Gasteiger partial charge is 0.508 e. The van der Waals surface area contributed by atoms with Crippen LogP contribution in [0.15, 0.2) is 69.9 Å². The van der Waals surface area contributed by atoms with Gasteiger partial charge in [0.25, 0.3) is 0 Å². The van der Waals surface area contributed by atoms with Crippen LogP contribution in [0.25, 0.3) is 28.4 Å². The molecule has 23 heteroatoms. The highest BCUT2D eigenvalue weighted by atomic mass is 16.7. The quantitative estimate of drug-likeness (QED) is 0.0406. The Hall–Kier alpha value is -5.64. The molecule has 3 aliphatic rings. The summed E-state index contributed by atoms with van der Waals surface area (Å²) in [6, 6.07) is 11.0. The third kappa shape index (κ3) is 9.97. The van der Waals surface area contributed by atoms with Crippen molar-refractivity contribution in [3.8, 4) is 45.8 Å². The van der Waals surface area contributed by atoms with Crippen molar-refractivity contribution in [2.45, 2.75) is 99.0 Å². The van der Waals surface area contributed by atoms with Gasteiger partial charge in [-0.05, 0) is 48.9 Å². The number of carbonyl (C=O) groups is 1. The summed E-state index contributed by atoms with van der Waals surface area (Å²) in [4.78, 5) is 26.6. The molecule has 0 radical (unpaired) electrons. The van der Waals surface area contributed by atoms with Crippen LogP contribution in [0.5, 0.6) is 34.5 Å². The lowest BCUT2D eigenvalue weighted by Crippen LogP contribution is -2.62. The van der Waals surface area contributed by atoms with Gasteiger partial charge in [0.15, 0.2) is 23.5 Å². The van der Waals surface area contributed by atoms with Gasteiger partial charge < -0.3 is 104 Å². The number of aromatic hydroxyl groups is 4. The zero-order valence-corrected chi connectivity index (χ0v) is 33.8. The van der Waals surface area contributed by atoms with Gasteiger partial charge in [-0.3, -0.25) is 4.79 Å². The summed E-state index contributed by atoms with van der Waals surface area (Å²) in [6.45, 7) is -0.0256. The minimum Gasteiger partial charge on any atom is -0.508 e. The molecule has 7 unspecified atom stereocenters. The number of benzene rings is 3. The highest BCUT2D eigenvalue weighted by Crippen LogP contribution is 2.40. The van der Waals surface area contributed by atoms with Crippen LogP contribution in [-0.4, -0.2) is 178 Å². The van der Waals surface area contributed by atoms with Crippen molar-refractivity contribution in [3.63, 3.8) is 0 Å². The second kappa shape index (κ2) is 19.4. The number of rotatable bonds is 12. The second-order valence-corrected chi connectivity index (χ2v) is 15.4. The van der Waals surface area contributed by atoms with Gasteiger partial charge >= 0.3 is 5.97 Å². The van der Waals surface area contributed by atoms with E-state index in [0.29, 0.717) is 5.56 Å². The second-order valence-electron chi connectivity index (χ2n) is 15.4. The molecule has 3 aliphatic heterocycles. The van der Waals surface area contributed by atoms with Crippen molar-refractivity contribution >= 4 is 23.0 Å². The lowest BCUT2D eigenvalue weighted by atomic mass is 9.98. The van der Waals surface area contributed by atoms with E-state index in [9.17, 15) is 76.0 Å². The Kier molecular flexibility index (Phi) is 14.2. The zero-order valence-electron chi connectivity index (χ0n) is 33.8. The van der Waals surface area contributed by atoms with Gasteiger partial charge in [0.1, 0.15) is 102 Å². The standard InChI is InChI=1S/C42H46O23/c1-15-28(48)32(52)36(56)41(60-15)61-19-11-22(46)27-23(12-19)62-38(17-5-8-20(44)21(45)10-17)39(31(27)51)65-42-37(57)34(54)30(50)25(64-42)14-59-40-35(55)33(53)29(49)24(63-40)13-58-26(47)9-4-16-2-6-18(43)7-3-16/h2-12,15,24-25,28-30,32-37,40-46,48-50,52-57H,13-14H2,1H3/b9-4+/t15?,24-,25?,28-,29+,30+,32-,33?,34?,35?,36?,37?,40+,41-,42-/m0/s1. The van der Waals surface area contributed by atoms with Gasteiger partial charge in [-0.15, -0.1) is 0 Å². The molecule has 65 heavy (non-hydrogen) atoms. The molecule has 352 valence electrons. The number of hydrogen-bond donors (Lipinski definition) is 13. The topological polar surface area (TPSA) is 375 Å². The molecule has 13 N–H and O–H groups in total. The van der Waals surface area contributed by atoms with Crippen molar-refractivity contribution in [1.82, 2.24) is 0 Å². The van der Waals surface area contributed by atoms with Crippen LogP contribution in [0.4, 0.5) is 0 Å². The highest BCUT2D eigenvalue weighted by molar-refractivity contribution is 5.89. The van der Waals surface area contributed by atoms with Gasteiger partial charge in [0.05, 0.1) is 12.7 Å². The van der Waals surface area contributed by atoms with Crippen LogP contribution < -0.4 is 14.9 Å². The molecule has 4 aromatic rings. The van der Waals surface area contributed by atoms with Crippen LogP contribution >= 0.6 is 0 Å². The molecule has 7 rings (SSSR count). The van der Waals surface area contributed by atoms with E-state index >= 15 is 0 Å². The van der Waals surface area contributed by atoms with Gasteiger partial charge in [-0.2, -0.15) is 0 Å². The molecular weight excluding hydrogens is 872 g/mol. The summed E-state index contributed by atoms with van der Waals surface area (Å²) in [7, 11) is 0. The first-order valence-electron chi connectivity index (χ1n) is 19.9. The maximum Gasteiger partial charge on any atom is 0.330 e. The van der Waals surface area contributed by atoms with Crippen LogP contribution in [0.2, 0.25) is 0 Å². The molecule has 0 spiro atoms. The Morgan fingerprint density at radius 3 is 1.89 bits per heavy atom. The minimum absolute atomic E-state index is 0.0114. The maximum atomic E-state index is 14.2. The van der Waals surface area contributed by atoms with Gasteiger partial charge in [-0.25, -0.2) is 4.79 Å². The van der Waals surface area contributed by atoms with E-state index < -0.39 is 156 Å². The number of aliphatic hydroxyl groups excluding tert-OH is 9. The Bertz CT molecular complexity index is 2400. The number of esters is 1. The molecule has 23 nitrogen and oxygen atoms in total. The van der Waals surface area contributed by atoms with E-state index in [2.05, 4.69) is 0 Å². The summed E-state index contributed by atoms with van der Waals surface area (Å²) >= 11 is 0. The summed E-state index contributed by atoms with van der Waals surface area (Å²) < 4.78 is 44.9. The van der Waals surface area contributed by atoms with E-state index in [0.717, 1.165) is 30.3 Å². The lowest BCUT2D eigenvalue weighted by molar-refractivity contribution is -0.323. The maximum absolute atomic E-state index is 14.2. The number of fused-ring (bicyclic) bond motifs is 1. The first kappa shape index (κ1) is 47.3. The molecular formula is C42H46O23. The van der Waals surface area contributed by atoms with Gasteiger partial charge in [-0.1, -0.05) is 12.1 Å². The Balaban J connectivity index is 1.10. The fourth-order valence-corrected chi connectivity index (χ4v) is 7.14. The normalized spacial score (nSPS) is 32.9. The third-order valence-electron chi connectivity index (χ3n) is 10.9. The summed E-state index contributed by atoms with van der Waals surface area (Å²) in [5, 5.41) is 136. The molecule has 3 aromatic carbocycles. The molecule has 4 heterocycles. The minimum atomic E-state index is -2.12. The number of ether oxygens (including phenoxy) is 7. The van der Waals surface area contributed by atoms with E-state index in [1.165, 1.54) is 43.3 Å². The smallest absolute Gasteiger partial charge is 0.330 e. The van der Waals surface area contributed by atoms with Gasteiger partial charge in [0, 0.05) is 23.8 Å². The number of phenols is 4. The Labute approximate surface area is 365 Å². The Morgan fingerprint density at radius 2 is 1.23 bits per heavy atom. The molecule has 1 aromatic heterocycles. The number of phenolic OH excluding ortho intramolecular Hbond substituents is 4. The molecule has 3 fully saturated rings. The van der Waals surface area contributed by atoms with Crippen LogP contribution in [0.1, 0.15) is 12.5 Å². The first-order valence-corrected chi connectivity index (χ1v) is 19.9. The van der Waals surface area contributed by atoms with Crippen molar-refractivity contribution in [2.75, 3.05) is 13.2 Å². The molecule has 0 amide bonds. The first-order chi connectivity index (χ1) is 30.8. The SMILES string of the molecule is CC1O[C@@H](Oc2cc(O)c3c(=O)c(O[C@@H]4OC(CO[C@@H]5O[C@@H](COC(=O)/C=C/c6ccc(O)cc6)[C@@H](O)C(O)C5O)[C@@H](O)C(O)C4O)c(-c4ccc(O)c(O)c4)oc3c2)C(O)[C@@H](O)[C@H]1O. The zero-order chi connectivity index (χ0) is 47.0. The number of hydrogen-bond acceptors (Lipinski definition) is 23. The highest BCUT2D eigenvalue weighted by Gasteiger charge is 2.49. The predicted molar refractivity (Wildman–Crippen MR) is 214 cm³/mol. The van der Waals surface area contributed by atoms with Crippen LogP contribution in [0.3, 0.4) is 0 Å². The molecule has 0 bridgehead atoms. The fraction of sp³-hybridized carbons (Fsp3) is 0.429. The van der Waals surface area contributed by atoms with Crippen LogP contribution in [-0.2, 0) is 28.5 Å². The van der Waals surface area contributed by atoms with E-state index in [1.54, 1.807) is 0 Å². The average molecular weight is 919 g/mol. The van der Waals surface area contributed by atoms with E-state index in [4.69, 9.17) is 37.6 Å². The monoisotopic (exact) mass is 918 g/mol.